The van der Waals surface area contributed by atoms with Crippen LogP contribution >= 0.6 is 0 Å². The van der Waals surface area contributed by atoms with Crippen molar-refractivity contribution < 1.29 is 9.53 Å². The van der Waals surface area contributed by atoms with Crippen molar-refractivity contribution >= 4 is 11.7 Å². The van der Waals surface area contributed by atoms with Crippen molar-refractivity contribution in [1.82, 2.24) is 30.0 Å². The second-order valence-electron chi connectivity index (χ2n) is 8.30. The van der Waals surface area contributed by atoms with E-state index >= 15 is 0 Å². The highest BCUT2D eigenvalue weighted by Crippen LogP contribution is 2.30. The minimum atomic E-state index is -0.111. The number of aromatic nitrogens is 4. The van der Waals surface area contributed by atoms with Gasteiger partial charge >= 0.3 is 0 Å². The number of nitrogens with zero attached hydrogens (tertiary/aromatic N) is 5. The summed E-state index contributed by atoms with van der Waals surface area (Å²) < 4.78 is 7.91. The molecule has 1 fully saturated rings. The molecule has 1 aliphatic heterocycles. The molecule has 1 amide bonds. The average Bonchev–Trinajstić information content (AvgIpc) is 3.23. The maximum atomic E-state index is 12.2. The van der Waals surface area contributed by atoms with Gasteiger partial charge in [0.25, 0.3) is 11.8 Å². The van der Waals surface area contributed by atoms with Gasteiger partial charge in [0.2, 0.25) is 0 Å². The van der Waals surface area contributed by atoms with Crippen LogP contribution in [-0.4, -0.2) is 57.7 Å². The second-order valence-corrected chi connectivity index (χ2v) is 8.30. The summed E-state index contributed by atoms with van der Waals surface area (Å²) in [4.78, 5) is 23.3. The van der Waals surface area contributed by atoms with Crippen molar-refractivity contribution in [3.05, 3.63) is 47.4 Å². The van der Waals surface area contributed by atoms with Crippen molar-refractivity contribution in [3.8, 4) is 22.9 Å². The van der Waals surface area contributed by atoms with Crippen LogP contribution in [0.3, 0.4) is 0 Å². The number of likely N-dealkylation sites (tertiary alicyclic amines) is 1. The van der Waals surface area contributed by atoms with Gasteiger partial charge in [-0.05, 0) is 70.1 Å². The number of hydrogen-bond acceptors (Lipinski definition) is 7. The van der Waals surface area contributed by atoms with Crippen molar-refractivity contribution in [3.63, 3.8) is 0 Å². The molecule has 4 rings (SSSR count). The van der Waals surface area contributed by atoms with Gasteiger partial charge in [-0.1, -0.05) is 0 Å². The Hall–Kier alpha value is -3.46. The van der Waals surface area contributed by atoms with Crippen molar-refractivity contribution in [2.24, 2.45) is 0 Å². The van der Waals surface area contributed by atoms with E-state index in [1.54, 1.807) is 19.4 Å². The van der Waals surface area contributed by atoms with E-state index in [0.717, 1.165) is 42.6 Å². The molecular weight excluding hydrogens is 406 g/mol. The molecule has 0 spiro atoms. The fourth-order valence-electron chi connectivity index (χ4n) is 4.13. The van der Waals surface area contributed by atoms with Gasteiger partial charge in [-0.3, -0.25) is 9.48 Å². The number of amides is 1. The predicted molar refractivity (Wildman–Crippen MR) is 123 cm³/mol. The summed E-state index contributed by atoms with van der Waals surface area (Å²) in [5.41, 5.74) is 9.88. The molecule has 1 aliphatic rings. The fraction of sp³-hybridized carbons (Fsp3) is 0.391. The zero-order valence-corrected chi connectivity index (χ0v) is 18.9. The summed E-state index contributed by atoms with van der Waals surface area (Å²) >= 11 is 0. The first-order valence-corrected chi connectivity index (χ1v) is 10.7. The Bertz CT molecular complexity index is 1110. The molecule has 0 saturated carbocycles. The van der Waals surface area contributed by atoms with Crippen molar-refractivity contribution in [1.29, 1.82) is 0 Å². The van der Waals surface area contributed by atoms with Gasteiger partial charge in [0.1, 0.15) is 0 Å². The summed E-state index contributed by atoms with van der Waals surface area (Å²) in [5, 5.41) is 7.16. The zero-order valence-electron chi connectivity index (χ0n) is 18.9. The van der Waals surface area contributed by atoms with Crippen LogP contribution in [0.1, 0.15) is 40.4 Å². The Morgan fingerprint density at radius 2 is 1.88 bits per heavy atom. The molecule has 9 nitrogen and oxygen atoms in total. The smallest absolute Gasteiger partial charge is 0.263 e. The lowest BCUT2D eigenvalue weighted by Gasteiger charge is -2.28. The predicted octanol–water partition coefficient (Wildman–Crippen LogP) is 2.96. The number of nitrogens with two attached hydrogens (primary N) is 1. The topological polar surface area (TPSA) is 111 Å². The fourth-order valence-corrected chi connectivity index (χ4v) is 4.13. The normalized spacial score (nSPS) is 15.0. The van der Waals surface area contributed by atoms with Gasteiger partial charge in [0.15, 0.2) is 11.6 Å². The number of ether oxygens (including phenoxy) is 1. The molecule has 32 heavy (non-hydrogen) atoms. The van der Waals surface area contributed by atoms with E-state index in [-0.39, 0.29) is 17.6 Å². The lowest BCUT2D eigenvalue weighted by Crippen LogP contribution is -2.31. The van der Waals surface area contributed by atoms with E-state index in [2.05, 4.69) is 32.3 Å². The molecule has 168 valence electrons. The average molecular weight is 436 g/mol. The molecular formula is C23H29N7O2. The number of benzene rings is 1. The Balaban J connectivity index is 1.57. The molecule has 0 radical (unpaired) electrons. The van der Waals surface area contributed by atoms with E-state index in [9.17, 15) is 4.79 Å². The molecule has 9 heteroatoms. The van der Waals surface area contributed by atoms with Crippen LogP contribution in [0.5, 0.6) is 11.6 Å². The summed E-state index contributed by atoms with van der Waals surface area (Å²) in [6, 6.07) is 4.20. The van der Waals surface area contributed by atoms with Crippen molar-refractivity contribution in [2.75, 3.05) is 32.9 Å². The first kappa shape index (κ1) is 21.8. The van der Waals surface area contributed by atoms with Gasteiger partial charge in [-0.25, -0.2) is 9.97 Å². The van der Waals surface area contributed by atoms with E-state index in [1.165, 1.54) is 0 Å². The first-order chi connectivity index (χ1) is 15.4. The first-order valence-electron chi connectivity index (χ1n) is 10.7. The van der Waals surface area contributed by atoms with Gasteiger partial charge in [-0.2, -0.15) is 5.10 Å². The molecule has 3 heterocycles. The molecule has 3 N–H and O–H groups in total. The number of aryl methyl sites for hydroxylation is 2. The molecule has 0 aliphatic carbocycles. The zero-order chi connectivity index (χ0) is 22.8. The highest BCUT2D eigenvalue weighted by Gasteiger charge is 2.20. The molecule has 0 bridgehead atoms. The van der Waals surface area contributed by atoms with Gasteiger partial charge in [-0.15, -0.1) is 0 Å². The van der Waals surface area contributed by atoms with Crippen LogP contribution < -0.4 is 15.8 Å². The SMILES string of the molecule is CNC(=O)c1c(C)cc(-c2cnc(N)c(Oc3cnn(C4CCN(C)CC4)c3)n2)cc1C. The Labute approximate surface area is 187 Å². The van der Waals surface area contributed by atoms with Crippen LogP contribution in [0.2, 0.25) is 0 Å². The standard InChI is InChI=1S/C23H29N7O2/c1-14-9-16(10-15(2)20(14)22(31)25-3)19-12-26-21(24)23(28-19)32-18-11-27-30(13-18)17-5-7-29(4)8-6-17/h9-13,17H,5-8H2,1-4H3,(H2,24,26)(H,25,31). The van der Waals surface area contributed by atoms with E-state index in [0.29, 0.717) is 23.0 Å². The summed E-state index contributed by atoms with van der Waals surface area (Å²) in [6.07, 6.45) is 7.28. The molecule has 0 atom stereocenters. The number of piperidine rings is 1. The van der Waals surface area contributed by atoms with Gasteiger partial charge in [0, 0.05) is 18.2 Å². The molecule has 0 unspecified atom stereocenters. The highest BCUT2D eigenvalue weighted by atomic mass is 16.5. The highest BCUT2D eigenvalue weighted by molar-refractivity contribution is 5.97. The number of anilines is 1. The summed E-state index contributed by atoms with van der Waals surface area (Å²) in [7, 11) is 3.76. The maximum absolute atomic E-state index is 12.2. The summed E-state index contributed by atoms with van der Waals surface area (Å²) in [5.74, 6) is 0.900. The molecule has 1 aromatic carbocycles. The third-order valence-corrected chi connectivity index (χ3v) is 5.90. The third-order valence-electron chi connectivity index (χ3n) is 5.90. The quantitative estimate of drug-likeness (QED) is 0.634. The largest absolute Gasteiger partial charge is 0.433 e. The van der Waals surface area contributed by atoms with E-state index < -0.39 is 0 Å². The number of carbonyl (C=O) groups excluding carboxylic acids is 1. The lowest BCUT2D eigenvalue weighted by atomic mass is 9.97. The number of hydrogen-bond donors (Lipinski definition) is 2. The maximum Gasteiger partial charge on any atom is 0.263 e. The lowest BCUT2D eigenvalue weighted by molar-refractivity contribution is 0.0962. The summed E-state index contributed by atoms with van der Waals surface area (Å²) in [6.45, 7) is 5.92. The number of carbonyl (C=O) groups is 1. The monoisotopic (exact) mass is 435 g/mol. The van der Waals surface area contributed by atoms with Crippen LogP contribution in [0.4, 0.5) is 5.82 Å². The molecule has 3 aromatic rings. The Morgan fingerprint density at radius 3 is 2.53 bits per heavy atom. The Kier molecular flexibility index (Phi) is 6.09. The number of rotatable bonds is 5. The number of nitrogen functional groups attached to an aromatic ring is 1. The van der Waals surface area contributed by atoms with Crippen LogP contribution in [0.25, 0.3) is 11.3 Å². The van der Waals surface area contributed by atoms with Gasteiger partial charge in [0.05, 0.1) is 30.3 Å². The Morgan fingerprint density at radius 1 is 1.19 bits per heavy atom. The number of nitrogens with one attached hydrogen (secondary N) is 1. The van der Waals surface area contributed by atoms with Gasteiger partial charge < -0.3 is 20.7 Å². The minimum absolute atomic E-state index is 0.111. The minimum Gasteiger partial charge on any atom is -0.433 e. The van der Waals surface area contributed by atoms with Crippen molar-refractivity contribution in [2.45, 2.75) is 32.7 Å². The third kappa shape index (κ3) is 4.43. The molecule has 1 saturated heterocycles. The van der Waals surface area contributed by atoms with Crippen LogP contribution in [0.15, 0.2) is 30.7 Å². The molecule has 2 aromatic heterocycles. The van der Waals surface area contributed by atoms with E-state index in [1.807, 2.05) is 36.9 Å². The second kappa shape index (κ2) is 8.96. The van der Waals surface area contributed by atoms with Crippen LogP contribution in [0, 0.1) is 13.8 Å². The van der Waals surface area contributed by atoms with E-state index in [4.69, 9.17) is 10.5 Å². The van der Waals surface area contributed by atoms with Crippen LogP contribution in [-0.2, 0) is 0 Å².